The molecule has 3 N–H and O–H groups in total. The van der Waals surface area contributed by atoms with Crippen LogP contribution >= 0.6 is 0 Å². The lowest BCUT2D eigenvalue weighted by Crippen LogP contribution is -2.30. The number of pyridine rings is 1. The molecule has 10 heteroatoms. The molecule has 0 saturated heterocycles. The Labute approximate surface area is 154 Å². The summed E-state index contributed by atoms with van der Waals surface area (Å²) in [5.41, 5.74) is 0.862. The van der Waals surface area contributed by atoms with Gasteiger partial charge in [0.2, 0.25) is 20.0 Å². The van der Waals surface area contributed by atoms with E-state index < -0.39 is 20.0 Å². The van der Waals surface area contributed by atoms with Gasteiger partial charge in [0.05, 0.1) is 4.90 Å². The van der Waals surface area contributed by atoms with E-state index in [4.69, 9.17) is 5.14 Å². The lowest BCUT2D eigenvalue weighted by molar-refractivity contribution is 0.445. The predicted molar refractivity (Wildman–Crippen MR) is 99.5 cm³/mol. The first-order chi connectivity index (χ1) is 12.2. The lowest BCUT2D eigenvalue weighted by atomic mass is 10.2. The van der Waals surface area contributed by atoms with Gasteiger partial charge in [0.25, 0.3) is 0 Å². The highest BCUT2D eigenvalue weighted by Gasteiger charge is 2.21. The van der Waals surface area contributed by atoms with E-state index in [1.165, 1.54) is 22.6 Å². The standard InChI is InChI=1S/C16H22N4O4S2/c1-3-20(4-2)26(23,24)14-7-5-13(6-8-14)11-18-16-10-9-15(12-19-16)25(17,21)22/h5-10,12H,3-4,11H2,1-2H3,(H,18,19)(H2,17,21,22). The number of benzene rings is 1. The number of aromatic nitrogens is 1. The van der Waals surface area contributed by atoms with Crippen LogP contribution in [0.15, 0.2) is 52.4 Å². The first kappa shape index (κ1) is 20.3. The molecule has 0 saturated carbocycles. The highest BCUT2D eigenvalue weighted by atomic mass is 32.2. The maximum absolute atomic E-state index is 12.4. The van der Waals surface area contributed by atoms with E-state index in [-0.39, 0.29) is 9.79 Å². The first-order valence-electron chi connectivity index (χ1n) is 8.00. The number of hydrogen-bond acceptors (Lipinski definition) is 6. The second-order valence-electron chi connectivity index (χ2n) is 5.51. The summed E-state index contributed by atoms with van der Waals surface area (Å²) < 4.78 is 48.7. The van der Waals surface area contributed by atoms with Gasteiger partial charge in [-0.2, -0.15) is 4.31 Å². The van der Waals surface area contributed by atoms with Crippen molar-refractivity contribution in [2.75, 3.05) is 18.4 Å². The highest BCUT2D eigenvalue weighted by molar-refractivity contribution is 7.89. The van der Waals surface area contributed by atoms with Gasteiger partial charge >= 0.3 is 0 Å². The summed E-state index contributed by atoms with van der Waals surface area (Å²) >= 11 is 0. The zero-order chi connectivity index (χ0) is 19.4. The van der Waals surface area contributed by atoms with Crippen LogP contribution in [0.5, 0.6) is 0 Å². The third-order valence-corrected chi connectivity index (χ3v) is 6.77. The van der Waals surface area contributed by atoms with Crippen LogP contribution in [0.25, 0.3) is 0 Å². The van der Waals surface area contributed by atoms with Crippen LogP contribution in [0.4, 0.5) is 5.82 Å². The summed E-state index contributed by atoms with van der Waals surface area (Å²) in [7, 11) is -7.24. The minimum absolute atomic E-state index is 0.0611. The Kier molecular flexibility index (Phi) is 6.34. The molecule has 0 atom stereocenters. The van der Waals surface area contributed by atoms with Crippen LogP contribution in [0.2, 0.25) is 0 Å². The summed E-state index contributed by atoms with van der Waals surface area (Å²) in [6.45, 7) is 4.85. The van der Waals surface area contributed by atoms with Gasteiger partial charge in [0.15, 0.2) is 0 Å². The molecule has 1 heterocycles. The molecule has 2 rings (SSSR count). The van der Waals surface area contributed by atoms with Gasteiger partial charge in [-0.1, -0.05) is 26.0 Å². The van der Waals surface area contributed by atoms with Crippen molar-refractivity contribution in [3.63, 3.8) is 0 Å². The Hall–Kier alpha value is -2.01. The third-order valence-electron chi connectivity index (χ3n) is 3.81. The van der Waals surface area contributed by atoms with Crippen LogP contribution in [-0.2, 0) is 26.6 Å². The molecule has 1 aromatic carbocycles. The van der Waals surface area contributed by atoms with Gasteiger partial charge in [-0.15, -0.1) is 0 Å². The summed E-state index contributed by atoms with van der Waals surface area (Å²) in [6.07, 6.45) is 1.18. The number of rotatable bonds is 8. The van der Waals surface area contributed by atoms with Crippen LogP contribution in [-0.4, -0.2) is 39.2 Å². The van der Waals surface area contributed by atoms with Crippen molar-refractivity contribution in [2.45, 2.75) is 30.2 Å². The van der Waals surface area contributed by atoms with Gasteiger partial charge in [-0.25, -0.2) is 27.0 Å². The zero-order valence-corrected chi connectivity index (χ0v) is 16.2. The summed E-state index contributed by atoms with van der Waals surface area (Å²) in [5.74, 6) is 0.484. The number of nitrogens with one attached hydrogen (secondary N) is 1. The number of nitrogens with two attached hydrogens (primary N) is 1. The van der Waals surface area contributed by atoms with Crippen LogP contribution in [0.1, 0.15) is 19.4 Å². The molecule has 0 aliphatic carbocycles. The number of anilines is 1. The zero-order valence-electron chi connectivity index (χ0n) is 14.6. The second-order valence-corrected chi connectivity index (χ2v) is 9.01. The molecule has 0 aliphatic heterocycles. The molecule has 0 amide bonds. The van der Waals surface area contributed by atoms with E-state index in [0.717, 1.165) is 5.56 Å². The van der Waals surface area contributed by atoms with Crippen LogP contribution in [0, 0.1) is 0 Å². The number of nitrogens with zero attached hydrogens (tertiary/aromatic N) is 2. The van der Waals surface area contributed by atoms with E-state index >= 15 is 0 Å². The topological polar surface area (TPSA) is 122 Å². The molecule has 26 heavy (non-hydrogen) atoms. The van der Waals surface area contributed by atoms with Gasteiger partial charge in [0, 0.05) is 25.8 Å². The van der Waals surface area contributed by atoms with Crippen LogP contribution in [0.3, 0.4) is 0 Å². The SMILES string of the molecule is CCN(CC)S(=O)(=O)c1ccc(CNc2ccc(S(N)(=O)=O)cn2)cc1. The van der Waals surface area contributed by atoms with E-state index in [0.29, 0.717) is 25.5 Å². The molecular formula is C16H22N4O4S2. The summed E-state index contributed by atoms with van der Waals surface area (Å²) in [4.78, 5) is 4.18. The lowest BCUT2D eigenvalue weighted by Gasteiger charge is -2.18. The molecule has 142 valence electrons. The first-order valence-corrected chi connectivity index (χ1v) is 11.0. The Bertz CT molecular complexity index is 937. The van der Waals surface area contributed by atoms with Crippen molar-refractivity contribution in [2.24, 2.45) is 5.14 Å². The molecule has 0 spiro atoms. The number of primary sulfonamides is 1. The summed E-state index contributed by atoms with van der Waals surface area (Å²) in [6, 6.07) is 9.47. The average Bonchev–Trinajstić information content (AvgIpc) is 2.61. The van der Waals surface area contributed by atoms with Crippen LogP contribution < -0.4 is 10.5 Å². The van der Waals surface area contributed by atoms with Gasteiger partial charge < -0.3 is 5.32 Å². The van der Waals surface area contributed by atoms with E-state index in [1.54, 1.807) is 38.1 Å². The normalized spacial score (nSPS) is 12.3. The maximum Gasteiger partial charge on any atom is 0.243 e. The minimum atomic E-state index is -3.77. The largest absolute Gasteiger partial charge is 0.366 e. The van der Waals surface area contributed by atoms with E-state index in [9.17, 15) is 16.8 Å². The van der Waals surface area contributed by atoms with Gasteiger partial charge in [-0.3, -0.25) is 0 Å². The average molecular weight is 399 g/mol. The molecule has 0 fully saturated rings. The van der Waals surface area contributed by atoms with Crippen molar-refractivity contribution < 1.29 is 16.8 Å². The molecule has 0 aliphatic rings. The monoisotopic (exact) mass is 398 g/mol. The highest BCUT2D eigenvalue weighted by Crippen LogP contribution is 2.17. The van der Waals surface area contributed by atoms with Crippen molar-refractivity contribution in [1.82, 2.24) is 9.29 Å². The van der Waals surface area contributed by atoms with Crippen molar-refractivity contribution in [3.8, 4) is 0 Å². The minimum Gasteiger partial charge on any atom is -0.366 e. The van der Waals surface area contributed by atoms with Crippen molar-refractivity contribution in [3.05, 3.63) is 48.2 Å². The van der Waals surface area contributed by atoms with E-state index in [2.05, 4.69) is 10.3 Å². The Morgan fingerprint density at radius 3 is 2.00 bits per heavy atom. The van der Waals surface area contributed by atoms with Gasteiger partial charge in [0.1, 0.15) is 10.7 Å². The maximum atomic E-state index is 12.4. The molecule has 0 unspecified atom stereocenters. The van der Waals surface area contributed by atoms with Crippen molar-refractivity contribution >= 4 is 25.9 Å². The Balaban J connectivity index is 2.06. The fourth-order valence-corrected chi connectivity index (χ4v) is 4.25. The third kappa shape index (κ3) is 4.79. The Morgan fingerprint density at radius 1 is 0.962 bits per heavy atom. The van der Waals surface area contributed by atoms with Gasteiger partial charge in [-0.05, 0) is 29.8 Å². The molecular weight excluding hydrogens is 376 g/mol. The second kappa shape index (κ2) is 8.12. The van der Waals surface area contributed by atoms with E-state index in [1.807, 2.05) is 0 Å². The van der Waals surface area contributed by atoms with Crippen molar-refractivity contribution in [1.29, 1.82) is 0 Å². The molecule has 2 aromatic rings. The quantitative estimate of drug-likeness (QED) is 0.692. The number of sulfonamides is 2. The Morgan fingerprint density at radius 2 is 1.54 bits per heavy atom. The molecule has 0 bridgehead atoms. The smallest absolute Gasteiger partial charge is 0.243 e. The number of hydrogen-bond donors (Lipinski definition) is 2. The fraction of sp³-hybridized carbons (Fsp3) is 0.312. The molecule has 1 aromatic heterocycles. The molecule has 0 radical (unpaired) electrons. The summed E-state index contributed by atoms with van der Waals surface area (Å²) in [5, 5.41) is 8.06. The molecule has 8 nitrogen and oxygen atoms in total. The fourth-order valence-electron chi connectivity index (χ4n) is 2.34. The predicted octanol–water partition coefficient (Wildman–Crippen LogP) is 1.37.